The number of hydrogen-bond acceptors (Lipinski definition) is 2. The van der Waals surface area contributed by atoms with Crippen molar-refractivity contribution in [2.75, 3.05) is 4.90 Å². The molecule has 1 atom stereocenters. The van der Waals surface area contributed by atoms with Crippen molar-refractivity contribution >= 4 is 17.5 Å². The lowest BCUT2D eigenvalue weighted by Crippen LogP contribution is -2.67. The highest BCUT2D eigenvalue weighted by Gasteiger charge is 2.44. The summed E-state index contributed by atoms with van der Waals surface area (Å²) in [6, 6.07) is 7.36. The maximum atomic E-state index is 12.6. The Kier molecular flexibility index (Phi) is 3.59. The van der Waals surface area contributed by atoms with Gasteiger partial charge in [0.15, 0.2) is 0 Å². The minimum absolute atomic E-state index is 0.0782. The van der Waals surface area contributed by atoms with Crippen molar-refractivity contribution in [1.29, 1.82) is 0 Å². The Balaban J connectivity index is 2.46. The van der Waals surface area contributed by atoms with Crippen LogP contribution in [0, 0.1) is 0 Å². The Labute approximate surface area is 120 Å². The largest absolute Gasteiger partial charge is 0.340 e. The summed E-state index contributed by atoms with van der Waals surface area (Å²) in [4.78, 5) is 26.3. The van der Waals surface area contributed by atoms with E-state index in [4.69, 9.17) is 0 Å². The monoisotopic (exact) mass is 274 g/mol. The first-order valence-corrected chi connectivity index (χ1v) is 6.99. The quantitative estimate of drug-likeness (QED) is 0.900. The highest BCUT2D eigenvalue weighted by Crippen LogP contribution is 2.28. The Morgan fingerprint density at radius 2 is 1.90 bits per heavy atom. The second kappa shape index (κ2) is 4.93. The van der Waals surface area contributed by atoms with E-state index in [1.54, 1.807) is 25.7 Å². The second-order valence-electron chi connectivity index (χ2n) is 6.22. The molecule has 1 fully saturated rings. The van der Waals surface area contributed by atoms with Gasteiger partial charge in [-0.15, -0.1) is 0 Å². The molecule has 1 heterocycles. The third-order valence-electron chi connectivity index (χ3n) is 3.77. The van der Waals surface area contributed by atoms with Gasteiger partial charge in [0.05, 0.1) is 0 Å². The van der Waals surface area contributed by atoms with Gasteiger partial charge in [0, 0.05) is 5.69 Å². The lowest BCUT2D eigenvalue weighted by Gasteiger charge is -2.41. The maximum absolute atomic E-state index is 12.6. The van der Waals surface area contributed by atoms with E-state index in [0.29, 0.717) is 5.92 Å². The Bertz CT molecular complexity index is 549. The summed E-state index contributed by atoms with van der Waals surface area (Å²) >= 11 is 0. The second-order valence-corrected chi connectivity index (χ2v) is 6.22. The molecule has 0 aromatic heterocycles. The predicted molar refractivity (Wildman–Crippen MR) is 79.7 cm³/mol. The van der Waals surface area contributed by atoms with Crippen LogP contribution < -0.4 is 10.2 Å². The van der Waals surface area contributed by atoms with Gasteiger partial charge in [0.2, 0.25) is 5.91 Å². The zero-order valence-electron chi connectivity index (χ0n) is 12.7. The number of benzene rings is 1. The SMILES string of the molecule is CC(C)c1cccc(N2C(=O)C(C)(C)NC(=O)C2C)c1. The Morgan fingerprint density at radius 3 is 2.50 bits per heavy atom. The summed E-state index contributed by atoms with van der Waals surface area (Å²) in [5.74, 6) is 0.182. The number of piperazine rings is 1. The van der Waals surface area contributed by atoms with E-state index in [9.17, 15) is 9.59 Å². The molecule has 108 valence electrons. The zero-order chi connectivity index (χ0) is 15.1. The van der Waals surface area contributed by atoms with Gasteiger partial charge < -0.3 is 5.32 Å². The van der Waals surface area contributed by atoms with E-state index in [2.05, 4.69) is 19.2 Å². The van der Waals surface area contributed by atoms with E-state index < -0.39 is 11.6 Å². The molecule has 1 aliphatic rings. The van der Waals surface area contributed by atoms with Crippen LogP contribution in [0.15, 0.2) is 24.3 Å². The van der Waals surface area contributed by atoms with Gasteiger partial charge in [-0.1, -0.05) is 26.0 Å². The lowest BCUT2D eigenvalue weighted by atomic mass is 9.95. The standard InChI is InChI=1S/C16H22N2O2/c1-10(2)12-7-6-8-13(9-12)18-11(3)14(19)17-16(4,5)15(18)20/h6-11H,1-5H3,(H,17,19). The fraction of sp³-hybridized carbons (Fsp3) is 0.500. The number of anilines is 1. The van der Waals surface area contributed by atoms with Crippen LogP contribution in [-0.2, 0) is 9.59 Å². The molecule has 1 aliphatic heterocycles. The van der Waals surface area contributed by atoms with Gasteiger partial charge in [-0.3, -0.25) is 14.5 Å². The zero-order valence-corrected chi connectivity index (χ0v) is 12.7. The molecule has 0 radical (unpaired) electrons. The number of nitrogens with zero attached hydrogens (tertiary/aromatic N) is 1. The van der Waals surface area contributed by atoms with Gasteiger partial charge in [-0.25, -0.2) is 0 Å². The highest BCUT2D eigenvalue weighted by molar-refractivity contribution is 6.10. The Hall–Kier alpha value is -1.84. The molecule has 2 rings (SSSR count). The molecule has 1 unspecified atom stereocenters. The van der Waals surface area contributed by atoms with E-state index in [1.165, 1.54) is 0 Å². The van der Waals surface area contributed by atoms with Gasteiger partial charge in [-0.05, 0) is 44.4 Å². The molecule has 1 N–H and O–H groups in total. The van der Waals surface area contributed by atoms with Gasteiger partial charge in [0.25, 0.3) is 5.91 Å². The molecule has 20 heavy (non-hydrogen) atoms. The summed E-state index contributed by atoms with van der Waals surface area (Å²) in [5.41, 5.74) is 1.08. The van der Waals surface area contributed by atoms with Crippen LogP contribution in [0.4, 0.5) is 5.69 Å². The molecular formula is C16H22N2O2. The van der Waals surface area contributed by atoms with E-state index in [-0.39, 0.29) is 11.8 Å². The smallest absolute Gasteiger partial charge is 0.252 e. The molecule has 1 aromatic rings. The van der Waals surface area contributed by atoms with Crippen molar-refractivity contribution in [1.82, 2.24) is 5.32 Å². The Morgan fingerprint density at radius 1 is 1.25 bits per heavy atom. The van der Waals surface area contributed by atoms with Crippen LogP contribution in [0.25, 0.3) is 0 Å². The molecule has 0 saturated carbocycles. The number of nitrogens with one attached hydrogen (secondary N) is 1. The molecule has 2 amide bonds. The van der Waals surface area contributed by atoms with E-state index >= 15 is 0 Å². The fourth-order valence-electron chi connectivity index (χ4n) is 2.43. The molecule has 0 bridgehead atoms. The van der Waals surface area contributed by atoms with Crippen molar-refractivity contribution in [3.63, 3.8) is 0 Å². The normalized spacial score (nSPS) is 22.1. The third-order valence-corrected chi connectivity index (χ3v) is 3.77. The predicted octanol–water partition coefficient (Wildman–Crippen LogP) is 2.44. The lowest BCUT2D eigenvalue weighted by molar-refractivity contribution is -0.136. The van der Waals surface area contributed by atoms with Crippen molar-refractivity contribution in [3.8, 4) is 0 Å². The minimum atomic E-state index is -0.864. The maximum Gasteiger partial charge on any atom is 0.252 e. The minimum Gasteiger partial charge on any atom is -0.340 e. The van der Waals surface area contributed by atoms with Crippen LogP contribution in [0.3, 0.4) is 0 Å². The topological polar surface area (TPSA) is 49.4 Å². The fourth-order valence-corrected chi connectivity index (χ4v) is 2.43. The average Bonchev–Trinajstić information content (AvgIpc) is 2.37. The summed E-state index contributed by atoms with van der Waals surface area (Å²) < 4.78 is 0. The number of rotatable bonds is 2. The van der Waals surface area contributed by atoms with Crippen LogP contribution >= 0.6 is 0 Å². The van der Waals surface area contributed by atoms with Crippen molar-refractivity contribution in [2.45, 2.75) is 52.1 Å². The molecule has 4 nitrogen and oxygen atoms in total. The first-order chi connectivity index (χ1) is 9.24. The van der Waals surface area contributed by atoms with Crippen molar-refractivity contribution < 1.29 is 9.59 Å². The highest BCUT2D eigenvalue weighted by atomic mass is 16.2. The first-order valence-electron chi connectivity index (χ1n) is 6.99. The molecule has 1 aromatic carbocycles. The molecular weight excluding hydrogens is 252 g/mol. The van der Waals surface area contributed by atoms with Crippen LogP contribution in [0.2, 0.25) is 0 Å². The molecule has 4 heteroatoms. The summed E-state index contributed by atoms with van der Waals surface area (Å²) in [7, 11) is 0. The van der Waals surface area contributed by atoms with Crippen molar-refractivity contribution in [2.24, 2.45) is 0 Å². The average molecular weight is 274 g/mol. The molecule has 0 aliphatic carbocycles. The van der Waals surface area contributed by atoms with Gasteiger partial charge >= 0.3 is 0 Å². The molecule has 1 saturated heterocycles. The first kappa shape index (κ1) is 14.6. The molecule has 0 spiro atoms. The summed E-state index contributed by atoms with van der Waals surface area (Å²) in [6.07, 6.45) is 0. The van der Waals surface area contributed by atoms with Crippen LogP contribution in [-0.4, -0.2) is 23.4 Å². The van der Waals surface area contributed by atoms with Crippen LogP contribution in [0.1, 0.15) is 46.1 Å². The third kappa shape index (κ3) is 2.42. The van der Waals surface area contributed by atoms with E-state index in [0.717, 1.165) is 11.3 Å². The number of carbonyl (C=O) groups excluding carboxylic acids is 2. The number of amides is 2. The van der Waals surface area contributed by atoms with Gasteiger partial charge in [0.1, 0.15) is 11.6 Å². The summed E-state index contributed by atoms with van der Waals surface area (Å²) in [6.45, 7) is 9.44. The van der Waals surface area contributed by atoms with Gasteiger partial charge in [-0.2, -0.15) is 0 Å². The van der Waals surface area contributed by atoms with E-state index in [1.807, 2.05) is 24.3 Å². The summed E-state index contributed by atoms with van der Waals surface area (Å²) in [5, 5.41) is 2.76. The van der Waals surface area contributed by atoms with Crippen molar-refractivity contribution in [3.05, 3.63) is 29.8 Å². The number of hydrogen-bond donors (Lipinski definition) is 1. The number of carbonyl (C=O) groups is 2. The van der Waals surface area contributed by atoms with Crippen LogP contribution in [0.5, 0.6) is 0 Å².